The van der Waals surface area contributed by atoms with Crippen molar-refractivity contribution in [1.82, 2.24) is 0 Å². The van der Waals surface area contributed by atoms with Crippen LogP contribution in [0.5, 0.6) is 0 Å². The molecule has 0 fully saturated rings. The standard InChI is InChI=1S/C14H25NO4.2C12H10O6.C10H20O2.C7H14O2.C6H14O2/c1-6-11(3)15-19-12(16)9-8-10-18-13(17)14(4,5)7-2;1-5(13)7-3-10(12(17)18)8(6(2)14)4-9(7)11(15)16;1-5(13)7-3-8(6(2)14)10(12(17)18)4-9(7)11(15)16;1-5-7-8-12-9(11)10(3,4)6-2;1-5-7(2,3)6(8)9-4;1-4-6(8-3)5-7-2/h6-10H2,1-5H3;2*3-4H,1-2H3,(H,15,16)(H,17,18);5-8H2,1-4H3;5H2,1-4H3;6H,4-5H2,1-3H3. The Balaban J connectivity index is -0.000000470. The van der Waals surface area contributed by atoms with Crippen LogP contribution in [0.25, 0.3) is 0 Å². The van der Waals surface area contributed by atoms with Crippen molar-refractivity contribution in [3.63, 3.8) is 0 Å². The van der Waals surface area contributed by atoms with Gasteiger partial charge in [0.25, 0.3) is 0 Å². The number of aromatic carboxylic acids is 4. The van der Waals surface area contributed by atoms with Crippen LogP contribution >= 0.6 is 0 Å². The Labute approximate surface area is 494 Å². The van der Waals surface area contributed by atoms with E-state index in [1.54, 1.807) is 21.1 Å². The summed E-state index contributed by atoms with van der Waals surface area (Å²) in [5.41, 5.74) is -2.76. The number of rotatable bonds is 27. The zero-order valence-electron chi connectivity index (χ0n) is 53.0. The lowest BCUT2D eigenvalue weighted by Crippen LogP contribution is -2.26. The number of carbonyl (C=O) groups is 12. The smallest absolute Gasteiger partial charge is 0.336 e. The minimum atomic E-state index is -1.42. The number of methoxy groups -OCH3 is 3. The van der Waals surface area contributed by atoms with Gasteiger partial charge in [-0.1, -0.05) is 53.1 Å². The third-order valence-electron chi connectivity index (χ3n) is 12.7. The zero-order valence-corrected chi connectivity index (χ0v) is 53.0. The van der Waals surface area contributed by atoms with Crippen molar-refractivity contribution in [2.45, 2.75) is 182 Å². The van der Waals surface area contributed by atoms with Crippen molar-refractivity contribution in [1.29, 1.82) is 0 Å². The molecule has 0 bridgehead atoms. The molecule has 0 heterocycles. The molecule has 0 spiro atoms. The summed E-state index contributed by atoms with van der Waals surface area (Å²) in [5, 5.41) is 39.4. The topological polar surface area (TPSA) is 354 Å². The molecule has 0 saturated heterocycles. The van der Waals surface area contributed by atoms with Crippen molar-refractivity contribution in [3.05, 3.63) is 68.8 Å². The van der Waals surface area contributed by atoms with E-state index in [4.69, 9.17) is 44.2 Å². The van der Waals surface area contributed by atoms with Gasteiger partial charge in [0, 0.05) is 36.5 Å². The monoisotopic (exact) mass is 1190 g/mol. The first-order valence-corrected chi connectivity index (χ1v) is 27.3. The minimum Gasteiger partial charge on any atom is -0.478 e. The second kappa shape index (κ2) is 42.3. The van der Waals surface area contributed by atoms with Crippen LogP contribution in [0.4, 0.5) is 0 Å². The highest BCUT2D eigenvalue weighted by molar-refractivity contribution is 6.13. The highest BCUT2D eigenvalue weighted by atomic mass is 16.7. The second-order valence-electron chi connectivity index (χ2n) is 20.6. The first kappa shape index (κ1) is 82.9. The number of carboxylic acids is 4. The van der Waals surface area contributed by atoms with Gasteiger partial charge in [0.2, 0.25) is 0 Å². The fourth-order valence-corrected chi connectivity index (χ4v) is 5.64. The van der Waals surface area contributed by atoms with E-state index >= 15 is 0 Å². The first-order valence-electron chi connectivity index (χ1n) is 27.3. The molecule has 4 N–H and O–H groups in total. The number of Topliss-reactive ketones (excluding diaryl/α,β-unsaturated/α-hetero) is 4. The van der Waals surface area contributed by atoms with Gasteiger partial charge in [0.15, 0.2) is 23.1 Å². The number of ether oxygens (including phenoxy) is 5. The molecule has 2 aromatic carbocycles. The molecule has 23 nitrogen and oxygen atoms in total. The van der Waals surface area contributed by atoms with Crippen molar-refractivity contribution >= 4 is 76.6 Å². The molecule has 0 aromatic heterocycles. The average molecular weight is 1190 g/mol. The SMILES string of the molecule is CC(=O)c1cc(C(=O)O)c(C(C)=O)cc1C(=O)O.CC(=O)c1cc(C(C)=O)c(C(=O)O)cc1C(=O)O.CCC(C)(C)C(=O)OC.CCC(C)=NOC(=O)CCCOC(=O)C(C)(C)CC.CCC(COC)OC.CCCCOC(=O)C(C)(C)CC. The number of hydrogen-bond acceptors (Lipinski definition) is 19. The molecule has 84 heavy (non-hydrogen) atoms. The van der Waals surface area contributed by atoms with Crippen LogP contribution in [-0.2, 0) is 47.7 Å². The molecule has 0 saturated carbocycles. The van der Waals surface area contributed by atoms with Crippen LogP contribution < -0.4 is 0 Å². The van der Waals surface area contributed by atoms with Crippen molar-refractivity contribution in [2.24, 2.45) is 21.4 Å². The maximum atomic E-state index is 11.6. The lowest BCUT2D eigenvalue weighted by molar-refractivity contribution is -0.155. The number of esters is 3. The summed E-state index contributed by atoms with van der Waals surface area (Å²) in [6, 6.07) is 3.69. The highest BCUT2D eigenvalue weighted by Gasteiger charge is 2.29. The van der Waals surface area contributed by atoms with E-state index in [0.717, 1.165) is 103 Å². The van der Waals surface area contributed by atoms with Crippen molar-refractivity contribution < 1.29 is 106 Å². The minimum absolute atomic E-state index is 0.0709. The molecule has 0 aliphatic carbocycles. The summed E-state index contributed by atoms with van der Waals surface area (Å²) >= 11 is 0. The largest absolute Gasteiger partial charge is 0.478 e. The predicted octanol–water partition coefficient (Wildman–Crippen LogP) is 11.5. The number of carbonyl (C=O) groups excluding carboxylic acids is 8. The Morgan fingerprint density at radius 2 is 0.786 bits per heavy atom. The Kier molecular flexibility index (Phi) is 41.8. The van der Waals surface area contributed by atoms with Gasteiger partial charge in [-0.2, -0.15) is 0 Å². The molecule has 0 aliphatic heterocycles. The Bertz CT molecular complexity index is 2270. The number of nitrogens with zero attached hydrogens (tertiary/aromatic N) is 1. The molecular formula is C61H93NO22. The summed E-state index contributed by atoms with van der Waals surface area (Å²) in [7, 11) is 4.80. The lowest BCUT2D eigenvalue weighted by atomic mass is 9.91. The van der Waals surface area contributed by atoms with Gasteiger partial charge in [-0.15, -0.1) is 0 Å². The van der Waals surface area contributed by atoms with Gasteiger partial charge in [0.1, 0.15) is 0 Å². The number of oxime groups is 1. The summed E-state index contributed by atoms with van der Waals surface area (Å²) in [5.74, 6) is -8.71. The average Bonchev–Trinajstić information content (AvgIpc) is 3.23. The van der Waals surface area contributed by atoms with Gasteiger partial charge in [-0.25, -0.2) is 24.0 Å². The second-order valence-corrected chi connectivity index (χ2v) is 20.6. The van der Waals surface area contributed by atoms with Crippen molar-refractivity contribution in [3.8, 4) is 0 Å². The van der Waals surface area contributed by atoms with Gasteiger partial charge in [-0.3, -0.25) is 33.6 Å². The van der Waals surface area contributed by atoms with Crippen LogP contribution in [0, 0.1) is 16.2 Å². The molecule has 2 aromatic rings. The molecule has 23 heteroatoms. The van der Waals surface area contributed by atoms with Crippen LogP contribution in [0.2, 0.25) is 0 Å². The Morgan fingerprint density at radius 3 is 1.01 bits per heavy atom. The third kappa shape index (κ3) is 32.4. The van der Waals surface area contributed by atoms with Gasteiger partial charge < -0.3 is 48.9 Å². The summed E-state index contributed by atoms with van der Waals surface area (Å²) in [6.45, 7) is 31.1. The molecule has 0 radical (unpaired) electrons. The van der Waals surface area contributed by atoms with Crippen LogP contribution in [-0.4, -0.2) is 144 Å². The zero-order chi connectivity index (χ0) is 66.5. The molecular weight excluding hydrogens is 1100 g/mol. The van der Waals surface area contributed by atoms with Gasteiger partial charge in [-0.05, 0) is 145 Å². The maximum absolute atomic E-state index is 11.6. The quantitative estimate of drug-likeness (QED) is 0.0123. The van der Waals surface area contributed by atoms with Crippen LogP contribution in [0.1, 0.15) is 258 Å². The highest BCUT2D eigenvalue weighted by Crippen LogP contribution is 2.24. The maximum Gasteiger partial charge on any atom is 0.336 e. The molecule has 1 unspecified atom stereocenters. The fraction of sp³-hybridized carbons (Fsp3) is 0.590. The third-order valence-corrected chi connectivity index (χ3v) is 12.7. The van der Waals surface area contributed by atoms with Gasteiger partial charge in [0.05, 0.1) is 83.7 Å². The van der Waals surface area contributed by atoms with E-state index in [-0.39, 0.29) is 81.3 Å². The fourth-order valence-electron chi connectivity index (χ4n) is 5.64. The molecule has 2 rings (SSSR count). The van der Waals surface area contributed by atoms with Crippen LogP contribution in [0.15, 0.2) is 29.4 Å². The summed E-state index contributed by atoms with van der Waals surface area (Å²) < 4.78 is 24.7. The Morgan fingerprint density at radius 1 is 0.476 bits per heavy atom. The normalized spacial score (nSPS) is 11.1. The molecule has 1 atom stereocenters. The van der Waals surface area contributed by atoms with E-state index in [0.29, 0.717) is 19.6 Å². The lowest BCUT2D eigenvalue weighted by Gasteiger charge is -2.20. The van der Waals surface area contributed by atoms with E-state index in [1.165, 1.54) is 7.11 Å². The van der Waals surface area contributed by atoms with E-state index in [1.807, 2.05) is 69.2 Å². The van der Waals surface area contributed by atoms with E-state index in [9.17, 15) is 57.5 Å². The first-order chi connectivity index (χ1) is 38.8. The summed E-state index contributed by atoms with van der Waals surface area (Å²) in [4.78, 5) is 139. The molecule has 0 amide bonds. The number of unbranched alkanes of at least 4 members (excludes halogenated alkanes) is 1. The number of benzene rings is 2. The Hall–Kier alpha value is -7.53. The van der Waals surface area contributed by atoms with E-state index < -0.39 is 69.5 Å². The van der Waals surface area contributed by atoms with E-state index in [2.05, 4.69) is 23.7 Å². The molecule has 0 aliphatic rings. The molecule has 474 valence electrons. The predicted molar refractivity (Wildman–Crippen MR) is 313 cm³/mol. The van der Waals surface area contributed by atoms with Crippen LogP contribution in [0.3, 0.4) is 0 Å². The number of hydrogen-bond donors (Lipinski definition) is 4. The van der Waals surface area contributed by atoms with Gasteiger partial charge >= 0.3 is 47.8 Å². The number of carboxylic acid groups (broad SMARTS) is 4. The summed E-state index contributed by atoms with van der Waals surface area (Å²) in [6.07, 6.45) is 7.09. The van der Waals surface area contributed by atoms with Crippen molar-refractivity contribution in [2.75, 3.05) is 41.2 Å². The number of ketones is 4.